The van der Waals surface area contributed by atoms with E-state index in [1.165, 1.54) is 0 Å². The highest BCUT2D eigenvalue weighted by atomic mass is 19.3. The van der Waals surface area contributed by atoms with Gasteiger partial charge in [0.05, 0.1) is 6.61 Å². The molecule has 0 spiro atoms. The van der Waals surface area contributed by atoms with E-state index in [2.05, 4.69) is 13.8 Å². The molecule has 1 fully saturated rings. The van der Waals surface area contributed by atoms with Gasteiger partial charge in [-0.15, -0.1) is 0 Å². The van der Waals surface area contributed by atoms with Gasteiger partial charge in [-0.3, -0.25) is 0 Å². The molecule has 0 saturated carbocycles. The Hall–Kier alpha value is -0.440. The summed E-state index contributed by atoms with van der Waals surface area (Å²) in [5.74, 6) is -2.22. The summed E-state index contributed by atoms with van der Waals surface area (Å²) in [4.78, 5) is 0. The minimum absolute atomic E-state index is 0.182. The number of rotatable bonds is 5. The van der Waals surface area contributed by atoms with E-state index in [4.69, 9.17) is 4.74 Å². The maximum Gasteiger partial charge on any atom is 0.271 e. The minimum Gasteiger partial charge on any atom is -0.381 e. The van der Waals surface area contributed by atoms with Crippen molar-refractivity contribution in [2.75, 3.05) is 13.2 Å². The van der Waals surface area contributed by atoms with Crippen LogP contribution in [0.1, 0.15) is 53.9 Å². The van der Waals surface area contributed by atoms with Crippen LogP contribution in [0, 0.1) is 16.7 Å². The maximum atomic E-state index is 13.8. The predicted octanol–water partition coefficient (Wildman–Crippen LogP) is 5.07. The molecule has 1 saturated heterocycles. The molecule has 1 rings (SSSR count). The van der Waals surface area contributed by atoms with Gasteiger partial charge in [0.2, 0.25) is 0 Å². The van der Waals surface area contributed by atoms with Gasteiger partial charge in [-0.25, -0.2) is 8.78 Å². The average molecular weight is 274 g/mol. The first kappa shape index (κ1) is 16.6. The Morgan fingerprint density at radius 3 is 2.37 bits per heavy atom. The van der Waals surface area contributed by atoms with E-state index >= 15 is 0 Å². The third-order valence-corrected chi connectivity index (χ3v) is 4.64. The predicted molar refractivity (Wildman–Crippen MR) is 75.5 cm³/mol. The molecule has 0 N–H and O–H groups in total. The highest BCUT2D eigenvalue weighted by Crippen LogP contribution is 2.42. The molecule has 0 amide bonds. The first-order valence-electron chi connectivity index (χ1n) is 7.28. The van der Waals surface area contributed by atoms with Crippen molar-refractivity contribution in [1.29, 1.82) is 0 Å². The smallest absolute Gasteiger partial charge is 0.271 e. The summed E-state index contributed by atoms with van der Waals surface area (Å²) < 4.78 is 33.1. The van der Waals surface area contributed by atoms with Gasteiger partial charge in [0, 0.05) is 12.0 Å². The lowest BCUT2D eigenvalue weighted by atomic mass is 9.73. The molecule has 1 nitrogen and oxygen atoms in total. The van der Waals surface area contributed by atoms with Crippen molar-refractivity contribution >= 4 is 0 Å². The van der Waals surface area contributed by atoms with E-state index < -0.39 is 11.3 Å². The van der Waals surface area contributed by atoms with Gasteiger partial charge in [0.25, 0.3) is 5.92 Å². The molecule has 0 bridgehead atoms. The lowest BCUT2D eigenvalue weighted by Gasteiger charge is -2.30. The van der Waals surface area contributed by atoms with Crippen LogP contribution in [0.3, 0.4) is 0 Å². The van der Waals surface area contributed by atoms with Gasteiger partial charge >= 0.3 is 0 Å². The van der Waals surface area contributed by atoms with Crippen LogP contribution in [0.4, 0.5) is 8.78 Å². The van der Waals surface area contributed by atoms with Crippen LogP contribution in [0.25, 0.3) is 0 Å². The Bertz CT molecular complexity index is 317. The standard InChI is InChI=1S/C16H28F2O/c1-6-15(12-19-11-13(15)2)9-7-8-10-16(17,18)14(3,4)5/h8,10,13H,6-7,9,11-12H2,1-5H3/b10-8+. The van der Waals surface area contributed by atoms with Crippen LogP contribution in [0.5, 0.6) is 0 Å². The average Bonchev–Trinajstić information content (AvgIpc) is 2.65. The van der Waals surface area contributed by atoms with Crippen LogP contribution in [0.15, 0.2) is 12.2 Å². The molecule has 3 heteroatoms. The Kier molecular flexibility index (Phi) is 5.16. The minimum atomic E-state index is -2.75. The summed E-state index contributed by atoms with van der Waals surface area (Å²) in [6.07, 6.45) is 5.41. The SMILES string of the molecule is CCC1(CC/C=C/C(F)(F)C(C)(C)C)COCC1C. The highest BCUT2D eigenvalue weighted by Gasteiger charge is 2.41. The van der Waals surface area contributed by atoms with Crippen molar-refractivity contribution in [3.63, 3.8) is 0 Å². The van der Waals surface area contributed by atoms with Crippen LogP contribution in [-0.2, 0) is 4.74 Å². The fourth-order valence-corrected chi connectivity index (χ4v) is 2.56. The summed E-state index contributed by atoms with van der Waals surface area (Å²) in [7, 11) is 0. The van der Waals surface area contributed by atoms with Gasteiger partial charge < -0.3 is 4.74 Å². The molecule has 1 heterocycles. The summed E-state index contributed by atoms with van der Waals surface area (Å²) in [5.41, 5.74) is -0.836. The molecule has 0 aliphatic carbocycles. The molecule has 1 aliphatic rings. The van der Waals surface area contributed by atoms with E-state index in [0.717, 1.165) is 32.1 Å². The quantitative estimate of drug-likeness (QED) is 0.636. The normalized spacial score (nSPS) is 29.3. The van der Waals surface area contributed by atoms with E-state index in [1.54, 1.807) is 26.8 Å². The molecule has 112 valence electrons. The van der Waals surface area contributed by atoms with Crippen molar-refractivity contribution in [3.05, 3.63) is 12.2 Å². The molecule has 0 aromatic carbocycles. The van der Waals surface area contributed by atoms with Gasteiger partial charge in [-0.2, -0.15) is 0 Å². The number of alkyl halides is 2. The van der Waals surface area contributed by atoms with E-state index in [9.17, 15) is 8.78 Å². The molecule has 2 unspecified atom stereocenters. The largest absolute Gasteiger partial charge is 0.381 e. The van der Waals surface area contributed by atoms with E-state index in [1.807, 2.05) is 0 Å². The second kappa shape index (κ2) is 5.90. The van der Waals surface area contributed by atoms with Gasteiger partial charge in [0.1, 0.15) is 0 Å². The van der Waals surface area contributed by atoms with Crippen molar-refractivity contribution in [2.45, 2.75) is 59.8 Å². The number of allylic oxidation sites excluding steroid dienone is 2. The zero-order valence-corrected chi connectivity index (χ0v) is 12.9. The lowest BCUT2D eigenvalue weighted by molar-refractivity contribution is -0.0502. The number of ether oxygens (including phenoxy) is 1. The molecular weight excluding hydrogens is 246 g/mol. The number of hydrogen-bond donors (Lipinski definition) is 0. The summed E-state index contributed by atoms with van der Waals surface area (Å²) in [6.45, 7) is 10.6. The molecule has 0 radical (unpaired) electrons. The monoisotopic (exact) mass is 274 g/mol. The van der Waals surface area contributed by atoms with E-state index in [0.29, 0.717) is 12.3 Å². The van der Waals surface area contributed by atoms with Crippen molar-refractivity contribution < 1.29 is 13.5 Å². The second-order valence-corrected chi connectivity index (χ2v) is 6.95. The Balaban J connectivity index is 2.54. The van der Waals surface area contributed by atoms with Crippen molar-refractivity contribution in [1.82, 2.24) is 0 Å². The topological polar surface area (TPSA) is 9.23 Å². The maximum absolute atomic E-state index is 13.8. The first-order valence-corrected chi connectivity index (χ1v) is 7.28. The third kappa shape index (κ3) is 3.77. The Morgan fingerprint density at radius 1 is 1.32 bits per heavy atom. The highest BCUT2D eigenvalue weighted by molar-refractivity contribution is 5.02. The number of halogens is 2. The number of hydrogen-bond acceptors (Lipinski definition) is 1. The van der Waals surface area contributed by atoms with Crippen molar-refractivity contribution in [3.8, 4) is 0 Å². The molecule has 19 heavy (non-hydrogen) atoms. The fraction of sp³-hybridized carbons (Fsp3) is 0.875. The summed E-state index contributed by atoms with van der Waals surface area (Å²) in [5, 5.41) is 0. The van der Waals surface area contributed by atoms with Gasteiger partial charge in [-0.05, 0) is 36.7 Å². The van der Waals surface area contributed by atoms with Crippen LogP contribution >= 0.6 is 0 Å². The van der Waals surface area contributed by atoms with Crippen molar-refractivity contribution in [2.24, 2.45) is 16.7 Å². The molecule has 2 atom stereocenters. The zero-order valence-electron chi connectivity index (χ0n) is 12.9. The molecular formula is C16H28F2O. The summed E-state index contributed by atoms with van der Waals surface area (Å²) >= 11 is 0. The summed E-state index contributed by atoms with van der Waals surface area (Å²) in [6, 6.07) is 0. The van der Waals surface area contributed by atoms with Gasteiger partial charge in [-0.1, -0.05) is 40.7 Å². The van der Waals surface area contributed by atoms with E-state index in [-0.39, 0.29) is 5.41 Å². The van der Waals surface area contributed by atoms with Crippen LogP contribution in [-0.4, -0.2) is 19.1 Å². The Morgan fingerprint density at radius 2 is 1.95 bits per heavy atom. The van der Waals surface area contributed by atoms with Crippen LogP contribution in [0.2, 0.25) is 0 Å². The molecule has 0 aromatic rings. The second-order valence-electron chi connectivity index (χ2n) is 6.95. The lowest BCUT2D eigenvalue weighted by Crippen LogP contribution is -2.31. The first-order chi connectivity index (χ1) is 8.65. The van der Waals surface area contributed by atoms with Gasteiger partial charge in [0.15, 0.2) is 0 Å². The molecule has 1 aliphatic heterocycles. The van der Waals surface area contributed by atoms with Crippen LogP contribution < -0.4 is 0 Å². The fourth-order valence-electron chi connectivity index (χ4n) is 2.56. The third-order valence-electron chi connectivity index (χ3n) is 4.64. The Labute approximate surface area is 116 Å². The zero-order chi connectivity index (χ0) is 14.7. The molecule has 0 aromatic heterocycles.